The van der Waals surface area contributed by atoms with Gasteiger partial charge in [0.2, 0.25) is 0 Å². The van der Waals surface area contributed by atoms with Crippen molar-refractivity contribution in [2.24, 2.45) is 0 Å². The third-order valence-corrected chi connectivity index (χ3v) is 1.66. The first-order chi connectivity index (χ1) is 7.20. The van der Waals surface area contributed by atoms with E-state index < -0.39 is 17.6 Å². The van der Waals surface area contributed by atoms with Crippen LogP contribution in [0, 0.1) is 13.8 Å². The summed E-state index contributed by atoms with van der Waals surface area (Å²) in [5, 5.41) is 0. The van der Waals surface area contributed by atoms with Crippen molar-refractivity contribution in [3.63, 3.8) is 0 Å². The van der Waals surface area contributed by atoms with Gasteiger partial charge in [0.1, 0.15) is 0 Å². The van der Waals surface area contributed by atoms with Gasteiger partial charge in [-0.05, 0) is 0 Å². The quantitative estimate of drug-likeness (QED) is 0.483. The predicted molar refractivity (Wildman–Crippen MR) is 65.3 cm³/mol. The molecule has 0 aliphatic heterocycles. The summed E-state index contributed by atoms with van der Waals surface area (Å²) in [5.74, 6) is 0. The molecular weight excluding hydrogens is 308 g/mol. The molecule has 0 N–H and O–H groups in total. The van der Waals surface area contributed by atoms with Crippen LogP contribution in [0.1, 0.15) is 11.1 Å². The van der Waals surface area contributed by atoms with Gasteiger partial charge < -0.3 is 29.8 Å². The summed E-state index contributed by atoms with van der Waals surface area (Å²) in [6.07, 6.45) is 0. The van der Waals surface area contributed by atoms with Gasteiger partial charge in [0, 0.05) is 0 Å². The summed E-state index contributed by atoms with van der Waals surface area (Å²) < 4.78 is 0. The molecule has 0 unspecified atom stereocenters. The monoisotopic (exact) mass is 321 g/mol. The van der Waals surface area contributed by atoms with Gasteiger partial charge in [0.25, 0.3) is 0 Å². The fourth-order valence-corrected chi connectivity index (χ4v) is 0.940. The molecule has 2 aromatic carbocycles. The topological polar surface area (TPSA) is 0 Å². The molecule has 0 bridgehead atoms. The molecule has 0 heterocycles. The Bertz CT molecular complexity index is 266. The predicted octanol–water partition coefficient (Wildman–Crippen LogP) is 4.80. The Morgan fingerprint density at radius 1 is 1.00 bits per heavy atom. The molecule has 0 aliphatic rings. The Labute approximate surface area is 109 Å². The zero-order valence-electron chi connectivity index (χ0n) is 8.82. The second-order valence-corrected chi connectivity index (χ2v) is 6.33. The summed E-state index contributed by atoms with van der Waals surface area (Å²) in [6.45, 7) is 4.17. The van der Waals surface area contributed by atoms with Crippen LogP contribution < -0.4 is 0 Å². The second-order valence-electron chi connectivity index (χ2n) is 2.99. The minimum atomic E-state index is -0.706. The van der Waals surface area contributed by atoms with Gasteiger partial charge in [-0.1, -0.05) is 6.92 Å². The summed E-state index contributed by atoms with van der Waals surface area (Å²) in [5.41, 5.74) is 2.69. The van der Waals surface area contributed by atoms with Crippen molar-refractivity contribution in [1.29, 1.82) is 0 Å². The van der Waals surface area contributed by atoms with Gasteiger partial charge in [-0.25, -0.2) is 19.1 Å². The molecule has 15 heavy (non-hydrogen) atoms. The molecule has 0 saturated heterocycles. The Morgan fingerprint density at radius 3 is 1.53 bits per heavy atom. The van der Waals surface area contributed by atoms with Gasteiger partial charge in [0.05, 0.1) is 0 Å². The number of rotatable bonds is 0. The molecular formula is C12H14Cl2Nb-6. The molecule has 0 amide bonds. The van der Waals surface area contributed by atoms with E-state index in [0.717, 1.165) is 0 Å². The Balaban J connectivity index is 0.000000210. The molecule has 0 nitrogen and oxygen atoms in total. The van der Waals surface area contributed by atoms with Gasteiger partial charge in [0.15, 0.2) is 0 Å². The Morgan fingerprint density at radius 2 is 1.40 bits per heavy atom. The molecule has 0 fully saturated rings. The van der Waals surface area contributed by atoms with Crippen LogP contribution >= 0.6 is 18.4 Å². The summed E-state index contributed by atoms with van der Waals surface area (Å²) in [6, 6.07) is 16.5. The average molecular weight is 322 g/mol. The summed E-state index contributed by atoms with van der Waals surface area (Å²) in [4.78, 5) is 0. The molecule has 0 spiro atoms. The molecule has 2 aromatic rings. The average Bonchev–Trinajstić information content (AvgIpc) is 2.81. The van der Waals surface area contributed by atoms with Gasteiger partial charge in [-0.2, -0.15) is 17.7 Å². The van der Waals surface area contributed by atoms with E-state index in [4.69, 9.17) is 18.4 Å². The Kier molecular flexibility index (Phi) is 10.5. The minimum absolute atomic E-state index is 0.706. The number of hydrogen-bond acceptors (Lipinski definition) is 0. The first kappa shape index (κ1) is 15.0. The van der Waals surface area contributed by atoms with Crippen molar-refractivity contribution in [2.75, 3.05) is 0 Å². The van der Waals surface area contributed by atoms with E-state index in [1.165, 1.54) is 11.1 Å². The van der Waals surface area contributed by atoms with Crippen molar-refractivity contribution in [3.05, 3.63) is 59.7 Å². The van der Waals surface area contributed by atoms with Crippen LogP contribution in [-0.4, -0.2) is 0 Å². The van der Waals surface area contributed by atoms with E-state index in [0.29, 0.717) is 0 Å². The zero-order chi connectivity index (χ0) is 11.5. The SMILES string of the molecule is C[c-]1[cH-][cH-][cH-][cH-]1.C[c-]1cccc1.[Cl][Nb][Cl]. The van der Waals surface area contributed by atoms with E-state index in [1.54, 1.807) is 0 Å². The van der Waals surface area contributed by atoms with Crippen molar-refractivity contribution in [1.82, 2.24) is 0 Å². The maximum atomic E-state index is 4.91. The summed E-state index contributed by atoms with van der Waals surface area (Å²) in [7, 11) is 9.83. The first-order valence-electron chi connectivity index (χ1n) is 4.49. The third kappa shape index (κ3) is 10.3. The van der Waals surface area contributed by atoms with Crippen LogP contribution in [0.25, 0.3) is 0 Å². The van der Waals surface area contributed by atoms with Gasteiger partial charge in [-0.15, -0.1) is 0 Å². The molecule has 2 rings (SSSR count). The third-order valence-electron chi connectivity index (χ3n) is 1.66. The molecule has 0 atom stereocenters. The molecule has 0 aliphatic carbocycles. The van der Waals surface area contributed by atoms with E-state index in [1.807, 2.05) is 24.3 Å². The van der Waals surface area contributed by atoms with E-state index >= 15 is 0 Å². The van der Waals surface area contributed by atoms with Crippen LogP contribution in [0.4, 0.5) is 0 Å². The van der Waals surface area contributed by atoms with Crippen molar-refractivity contribution in [3.8, 4) is 0 Å². The molecule has 3 heteroatoms. The number of hydrogen-bond donors (Lipinski definition) is 0. The number of halogens is 2. The fraction of sp³-hybridized carbons (Fsp3) is 0.167. The molecule has 0 radical (unpaired) electrons. The van der Waals surface area contributed by atoms with Crippen LogP contribution in [0.3, 0.4) is 0 Å². The van der Waals surface area contributed by atoms with E-state index in [9.17, 15) is 0 Å². The van der Waals surface area contributed by atoms with E-state index in [2.05, 4.69) is 38.1 Å². The molecule has 87 valence electrons. The molecule has 0 aromatic heterocycles. The second kappa shape index (κ2) is 10.5. The Hall–Kier alpha value is 0.0203. The standard InChI is InChI=1S/2C6H7.2ClH.Nb/c2*1-6-4-2-3-5-6;;;/h2*2-5H,1H3;2*1H;/q-5;-1;;;+2/p-2. The van der Waals surface area contributed by atoms with Crippen molar-refractivity contribution >= 4 is 18.4 Å². The van der Waals surface area contributed by atoms with Crippen molar-refractivity contribution < 1.29 is 17.6 Å². The summed E-state index contributed by atoms with van der Waals surface area (Å²) >= 11 is -0.706. The zero-order valence-corrected chi connectivity index (χ0v) is 12.5. The normalized spacial score (nSPS) is 8.00. The van der Waals surface area contributed by atoms with E-state index in [-0.39, 0.29) is 0 Å². The van der Waals surface area contributed by atoms with Crippen LogP contribution in [0.2, 0.25) is 0 Å². The van der Waals surface area contributed by atoms with Crippen LogP contribution in [0.15, 0.2) is 48.5 Å². The first-order valence-corrected chi connectivity index (χ1v) is 10.2. The van der Waals surface area contributed by atoms with Crippen LogP contribution in [0.5, 0.6) is 0 Å². The van der Waals surface area contributed by atoms with Crippen molar-refractivity contribution in [2.45, 2.75) is 13.8 Å². The van der Waals surface area contributed by atoms with Crippen LogP contribution in [-0.2, 0) is 17.6 Å². The van der Waals surface area contributed by atoms with Gasteiger partial charge >= 0.3 is 36.0 Å². The maximum absolute atomic E-state index is 4.91. The van der Waals surface area contributed by atoms with Gasteiger partial charge in [-0.3, -0.25) is 0 Å². The fourth-order valence-electron chi connectivity index (χ4n) is 0.940. The number of aryl methyl sites for hydroxylation is 2. The molecule has 0 saturated carbocycles.